The Balaban J connectivity index is 1.92. The van der Waals surface area contributed by atoms with E-state index in [0.29, 0.717) is 6.04 Å². The molecule has 3 nitrogen and oxygen atoms in total. The molecule has 1 fully saturated rings. The predicted octanol–water partition coefficient (Wildman–Crippen LogP) is 1.55. The van der Waals surface area contributed by atoms with Crippen LogP contribution in [0.3, 0.4) is 0 Å². The highest BCUT2D eigenvalue weighted by molar-refractivity contribution is 5.98. The number of benzene rings is 1. The van der Waals surface area contributed by atoms with Gasteiger partial charge in [0.25, 0.3) is 0 Å². The van der Waals surface area contributed by atoms with Crippen LogP contribution in [0, 0.1) is 0 Å². The number of aryl methyl sites for hydroxylation is 2. The molecule has 3 rings (SSSR count). The van der Waals surface area contributed by atoms with Crippen LogP contribution in [-0.4, -0.2) is 11.9 Å². The van der Waals surface area contributed by atoms with Gasteiger partial charge < -0.3 is 5.43 Å². The zero-order chi connectivity index (χ0) is 11.0. The van der Waals surface area contributed by atoms with Crippen molar-refractivity contribution >= 4 is 5.84 Å². The third-order valence-electron chi connectivity index (χ3n) is 3.37. The Kier molecular flexibility index (Phi) is 2.40. The van der Waals surface area contributed by atoms with E-state index in [1.807, 2.05) is 0 Å². The van der Waals surface area contributed by atoms with Gasteiger partial charge in [0.05, 0.1) is 6.04 Å². The molecule has 16 heavy (non-hydrogen) atoms. The van der Waals surface area contributed by atoms with Crippen molar-refractivity contribution in [3.63, 3.8) is 0 Å². The highest BCUT2D eigenvalue weighted by Crippen LogP contribution is 2.26. The van der Waals surface area contributed by atoms with Crippen LogP contribution in [-0.2, 0) is 12.8 Å². The molecule has 2 aliphatic rings. The Hall–Kier alpha value is -1.35. The fourth-order valence-corrected chi connectivity index (χ4v) is 2.30. The van der Waals surface area contributed by atoms with Crippen LogP contribution in [0.15, 0.2) is 23.2 Å². The van der Waals surface area contributed by atoms with Crippen molar-refractivity contribution in [1.82, 2.24) is 5.43 Å². The van der Waals surface area contributed by atoms with Gasteiger partial charge in [-0.15, -0.1) is 0 Å². The van der Waals surface area contributed by atoms with Gasteiger partial charge in [-0.3, -0.25) is 4.99 Å². The number of amidine groups is 1. The van der Waals surface area contributed by atoms with Crippen LogP contribution in [0.4, 0.5) is 0 Å². The molecule has 1 aromatic carbocycles. The van der Waals surface area contributed by atoms with Gasteiger partial charge >= 0.3 is 0 Å². The molecule has 0 bridgehead atoms. The van der Waals surface area contributed by atoms with Gasteiger partial charge in [0.15, 0.2) is 0 Å². The first-order chi connectivity index (χ1) is 7.86. The van der Waals surface area contributed by atoms with Crippen LogP contribution in [0.5, 0.6) is 0 Å². The molecule has 0 spiro atoms. The normalized spacial score (nSPS) is 19.7. The number of nitrogens with two attached hydrogens (primary N) is 1. The minimum absolute atomic E-state index is 0.499. The highest BCUT2D eigenvalue weighted by Gasteiger charge is 2.21. The maximum Gasteiger partial charge on any atom is 0.142 e. The minimum Gasteiger partial charge on any atom is -0.308 e. The lowest BCUT2D eigenvalue weighted by atomic mass is 10.1. The predicted molar refractivity (Wildman–Crippen MR) is 65.3 cm³/mol. The van der Waals surface area contributed by atoms with Crippen LogP contribution < -0.4 is 11.3 Å². The van der Waals surface area contributed by atoms with E-state index in [4.69, 9.17) is 5.84 Å². The molecule has 0 unspecified atom stereocenters. The summed E-state index contributed by atoms with van der Waals surface area (Å²) in [6, 6.07) is 7.09. The molecular weight excluding hydrogens is 198 g/mol. The number of fused-ring (bicyclic) bond motifs is 1. The van der Waals surface area contributed by atoms with Gasteiger partial charge in [-0.2, -0.15) is 0 Å². The van der Waals surface area contributed by atoms with E-state index in [2.05, 4.69) is 28.6 Å². The van der Waals surface area contributed by atoms with Crippen molar-refractivity contribution in [2.75, 3.05) is 0 Å². The molecular formula is C13H17N3. The molecule has 84 valence electrons. The van der Waals surface area contributed by atoms with Crippen molar-refractivity contribution < 1.29 is 0 Å². The maximum atomic E-state index is 5.55. The fraction of sp³-hybridized carbons (Fsp3) is 0.462. The number of rotatable bonds is 2. The van der Waals surface area contributed by atoms with Crippen LogP contribution in [0.1, 0.15) is 36.0 Å². The van der Waals surface area contributed by atoms with Gasteiger partial charge in [-0.1, -0.05) is 12.1 Å². The van der Waals surface area contributed by atoms with Gasteiger partial charge in [0.1, 0.15) is 5.84 Å². The van der Waals surface area contributed by atoms with E-state index in [0.717, 1.165) is 11.4 Å². The van der Waals surface area contributed by atoms with Crippen molar-refractivity contribution in [3.05, 3.63) is 34.9 Å². The third-order valence-corrected chi connectivity index (χ3v) is 3.37. The number of aliphatic imine (C=N–C) groups is 1. The summed E-state index contributed by atoms with van der Waals surface area (Å²) in [6.07, 6.45) is 6.11. The smallest absolute Gasteiger partial charge is 0.142 e. The molecule has 0 radical (unpaired) electrons. The van der Waals surface area contributed by atoms with Crippen LogP contribution in [0.25, 0.3) is 0 Å². The second-order valence-corrected chi connectivity index (χ2v) is 4.69. The Bertz CT molecular complexity index is 433. The monoisotopic (exact) mass is 215 g/mol. The second-order valence-electron chi connectivity index (χ2n) is 4.69. The van der Waals surface area contributed by atoms with Gasteiger partial charge in [-0.05, 0) is 49.3 Å². The number of hydrazine groups is 1. The number of nitrogens with zero attached hydrogens (tertiary/aromatic N) is 1. The average Bonchev–Trinajstić information content (AvgIpc) is 3.01. The van der Waals surface area contributed by atoms with Crippen molar-refractivity contribution in [2.24, 2.45) is 10.8 Å². The molecule has 0 aromatic heterocycles. The van der Waals surface area contributed by atoms with E-state index >= 15 is 0 Å². The van der Waals surface area contributed by atoms with E-state index in [-0.39, 0.29) is 0 Å². The molecule has 3 N–H and O–H groups in total. The van der Waals surface area contributed by atoms with Crippen molar-refractivity contribution in [2.45, 2.75) is 38.1 Å². The molecule has 0 amide bonds. The van der Waals surface area contributed by atoms with E-state index in [9.17, 15) is 0 Å². The summed E-state index contributed by atoms with van der Waals surface area (Å²) < 4.78 is 0. The second kappa shape index (κ2) is 3.91. The first-order valence-electron chi connectivity index (χ1n) is 6.03. The average molecular weight is 215 g/mol. The van der Waals surface area contributed by atoms with Crippen LogP contribution in [0.2, 0.25) is 0 Å². The number of hydrogen-bond donors (Lipinski definition) is 2. The van der Waals surface area contributed by atoms with E-state index in [1.54, 1.807) is 0 Å². The molecule has 1 saturated carbocycles. The molecule has 0 heterocycles. The Morgan fingerprint density at radius 1 is 1.25 bits per heavy atom. The lowest BCUT2D eigenvalue weighted by Gasteiger charge is -2.08. The summed E-state index contributed by atoms with van der Waals surface area (Å²) in [6.45, 7) is 0. The van der Waals surface area contributed by atoms with Crippen LogP contribution >= 0.6 is 0 Å². The van der Waals surface area contributed by atoms with Gasteiger partial charge in [-0.25, -0.2) is 5.84 Å². The zero-order valence-electron chi connectivity index (χ0n) is 9.37. The first-order valence-corrected chi connectivity index (χ1v) is 6.03. The fourth-order valence-electron chi connectivity index (χ4n) is 2.30. The summed E-state index contributed by atoms with van der Waals surface area (Å²) in [7, 11) is 0. The molecule has 0 aliphatic heterocycles. The summed E-state index contributed by atoms with van der Waals surface area (Å²) >= 11 is 0. The SMILES string of the molecule is NNC(=NC1CC1)c1ccc2c(c1)CCC2. The standard InChI is InChI=1S/C13H17N3/c14-16-13(15-12-6-7-12)11-5-4-9-2-1-3-10(9)8-11/h4-5,8,12H,1-3,6-7,14H2,(H,15,16). The lowest BCUT2D eigenvalue weighted by molar-refractivity contribution is 0.911. The topological polar surface area (TPSA) is 50.4 Å². The van der Waals surface area contributed by atoms with Gasteiger partial charge in [0, 0.05) is 5.56 Å². The number of hydrogen-bond acceptors (Lipinski definition) is 2. The highest BCUT2D eigenvalue weighted by atomic mass is 15.3. The van der Waals surface area contributed by atoms with Gasteiger partial charge in [0.2, 0.25) is 0 Å². The Morgan fingerprint density at radius 3 is 2.81 bits per heavy atom. The Labute approximate surface area is 95.7 Å². The third kappa shape index (κ3) is 1.83. The molecule has 1 aromatic rings. The Morgan fingerprint density at radius 2 is 2.06 bits per heavy atom. The quantitative estimate of drug-likeness (QED) is 0.340. The molecule has 0 atom stereocenters. The summed E-state index contributed by atoms with van der Waals surface area (Å²) in [5.74, 6) is 6.39. The largest absolute Gasteiger partial charge is 0.308 e. The van der Waals surface area contributed by atoms with E-state index < -0.39 is 0 Å². The summed E-state index contributed by atoms with van der Waals surface area (Å²) in [4.78, 5) is 4.58. The maximum absolute atomic E-state index is 5.55. The molecule has 0 saturated heterocycles. The molecule has 2 aliphatic carbocycles. The van der Waals surface area contributed by atoms with E-state index in [1.165, 1.54) is 43.2 Å². The summed E-state index contributed by atoms with van der Waals surface area (Å²) in [5, 5.41) is 0. The summed E-state index contributed by atoms with van der Waals surface area (Å²) in [5.41, 5.74) is 6.83. The first kappa shape index (κ1) is 9.85. The van der Waals surface area contributed by atoms with Crippen molar-refractivity contribution in [1.29, 1.82) is 0 Å². The molecule has 3 heteroatoms. The minimum atomic E-state index is 0.499. The number of nitrogens with one attached hydrogen (secondary N) is 1. The van der Waals surface area contributed by atoms with Crippen molar-refractivity contribution in [3.8, 4) is 0 Å². The lowest BCUT2D eigenvalue weighted by Crippen LogP contribution is -2.31. The zero-order valence-corrected chi connectivity index (χ0v) is 9.37.